The lowest BCUT2D eigenvalue weighted by Crippen LogP contribution is -2.37. The summed E-state index contributed by atoms with van der Waals surface area (Å²) in [4.78, 5) is 37.4. The number of benzene rings is 3. The van der Waals surface area contributed by atoms with Crippen molar-refractivity contribution >= 4 is 29.2 Å². The molecule has 0 bridgehead atoms. The molecule has 0 heterocycles. The summed E-state index contributed by atoms with van der Waals surface area (Å²) >= 11 is 0. The molecule has 0 fully saturated rings. The molecule has 1 aliphatic rings. The molecule has 4 rings (SSSR count). The number of ketones is 1. The zero-order valence-electron chi connectivity index (χ0n) is 20.0. The van der Waals surface area contributed by atoms with E-state index in [9.17, 15) is 23.2 Å². The Kier molecular flexibility index (Phi) is 7.15. The number of amides is 2. The quantitative estimate of drug-likeness (QED) is 0.392. The van der Waals surface area contributed by atoms with Gasteiger partial charge in [-0.05, 0) is 60.2 Å². The van der Waals surface area contributed by atoms with E-state index in [1.807, 2.05) is 37.3 Å². The van der Waals surface area contributed by atoms with Crippen LogP contribution in [0.3, 0.4) is 0 Å². The number of esters is 1. The SMILES string of the molecule is CCC1(CC(=O)OC)CCc2cc(-c3ccc(NC(=O)Nc4ccc(F)c(F)c4)cc3)ccc2C1=O. The highest BCUT2D eigenvalue weighted by atomic mass is 19.2. The number of fused-ring (bicyclic) bond motifs is 1. The van der Waals surface area contributed by atoms with Gasteiger partial charge in [0.05, 0.1) is 13.5 Å². The molecule has 2 amide bonds. The van der Waals surface area contributed by atoms with Gasteiger partial charge in [-0.2, -0.15) is 0 Å². The molecule has 1 aliphatic carbocycles. The van der Waals surface area contributed by atoms with Crippen LogP contribution in [0.5, 0.6) is 0 Å². The summed E-state index contributed by atoms with van der Waals surface area (Å²) in [5.74, 6) is -2.44. The molecule has 6 nitrogen and oxygen atoms in total. The maximum Gasteiger partial charge on any atom is 0.323 e. The molecule has 1 unspecified atom stereocenters. The number of Topliss-reactive ketones (excluding diaryl/α,β-unsaturated/α-hetero) is 1. The van der Waals surface area contributed by atoms with Gasteiger partial charge in [0.1, 0.15) is 0 Å². The van der Waals surface area contributed by atoms with Crippen molar-refractivity contribution in [3.8, 4) is 11.1 Å². The first-order valence-corrected chi connectivity index (χ1v) is 11.6. The predicted molar refractivity (Wildman–Crippen MR) is 133 cm³/mol. The van der Waals surface area contributed by atoms with Crippen molar-refractivity contribution in [3.63, 3.8) is 0 Å². The number of urea groups is 1. The van der Waals surface area contributed by atoms with E-state index in [1.54, 1.807) is 12.1 Å². The molecule has 0 aliphatic heterocycles. The highest BCUT2D eigenvalue weighted by Crippen LogP contribution is 2.42. The highest BCUT2D eigenvalue weighted by molar-refractivity contribution is 6.05. The van der Waals surface area contributed by atoms with E-state index in [-0.39, 0.29) is 23.9 Å². The van der Waals surface area contributed by atoms with E-state index in [0.29, 0.717) is 30.5 Å². The lowest BCUT2D eigenvalue weighted by Gasteiger charge is -2.35. The zero-order chi connectivity index (χ0) is 25.9. The summed E-state index contributed by atoms with van der Waals surface area (Å²) in [5, 5.41) is 5.10. The fourth-order valence-corrected chi connectivity index (χ4v) is 4.57. The molecule has 0 saturated heterocycles. The Hall–Kier alpha value is -4.07. The van der Waals surface area contributed by atoms with Crippen LogP contribution in [0, 0.1) is 17.0 Å². The van der Waals surface area contributed by atoms with Gasteiger partial charge in [0.15, 0.2) is 17.4 Å². The molecular weight excluding hydrogens is 466 g/mol. The Morgan fingerprint density at radius 3 is 2.25 bits per heavy atom. The molecule has 3 aromatic rings. The lowest BCUT2D eigenvalue weighted by atomic mass is 9.67. The topological polar surface area (TPSA) is 84.5 Å². The number of ether oxygens (including phenoxy) is 1. The smallest absolute Gasteiger partial charge is 0.323 e. The molecule has 2 N–H and O–H groups in total. The molecule has 0 spiro atoms. The van der Waals surface area contributed by atoms with Gasteiger partial charge in [-0.15, -0.1) is 0 Å². The molecule has 0 aromatic heterocycles. The summed E-state index contributed by atoms with van der Waals surface area (Å²) in [6, 6.07) is 15.3. The van der Waals surface area contributed by atoms with Crippen molar-refractivity contribution in [3.05, 3.63) is 83.4 Å². The average Bonchev–Trinajstić information content (AvgIpc) is 2.88. The Morgan fingerprint density at radius 2 is 1.58 bits per heavy atom. The number of hydrogen-bond donors (Lipinski definition) is 2. The van der Waals surface area contributed by atoms with Crippen LogP contribution >= 0.6 is 0 Å². The number of halogens is 2. The molecule has 36 heavy (non-hydrogen) atoms. The maximum atomic E-state index is 13.3. The third-order valence-electron chi connectivity index (χ3n) is 6.75. The van der Waals surface area contributed by atoms with Crippen LogP contribution < -0.4 is 10.6 Å². The van der Waals surface area contributed by atoms with Crippen LogP contribution in [0.25, 0.3) is 11.1 Å². The van der Waals surface area contributed by atoms with Crippen LogP contribution in [0.15, 0.2) is 60.7 Å². The summed E-state index contributed by atoms with van der Waals surface area (Å²) in [5.41, 5.74) is 3.33. The van der Waals surface area contributed by atoms with Crippen molar-refractivity contribution in [2.24, 2.45) is 5.41 Å². The number of anilines is 2. The second-order valence-electron chi connectivity index (χ2n) is 8.87. The van der Waals surface area contributed by atoms with Crippen LogP contribution in [0.1, 0.15) is 42.1 Å². The van der Waals surface area contributed by atoms with Crippen molar-refractivity contribution in [1.29, 1.82) is 0 Å². The van der Waals surface area contributed by atoms with E-state index in [0.717, 1.165) is 28.8 Å². The summed E-state index contributed by atoms with van der Waals surface area (Å²) in [6.07, 6.45) is 1.92. The molecule has 8 heteroatoms. The lowest BCUT2D eigenvalue weighted by molar-refractivity contribution is -0.143. The van der Waals surface area contributed by atoms with Gasteiger partial charge in [0, 0.05) is 28.4 Å². The van der Waals surface area contributed by atoms with Gasteiger partial charge >= 0.3 is 12.0 Å². The van der Waals surface area contributed by atoms with Gasteiger partial charge in [-0.3, -0.25) is 9.59 Å². The number of carbonyl (C=O) groups excluding carboxylic acids is 3. The highest BCUT2D eigenvalue weighted by Gasteiger charge is 2.43. The first kappa shape index (κ1) is 25.0. The van der Waals surface area contributed by atoms with Crippen LogP contribution in [0.2, 0.25) is 0 Å². The normalized spacial score (nSPS) is 16.7. The average molecular weight is 493 g/mol. The van der Waals surface area contributed by atoms with Crippen molar-refractivity contribution < 1.29 is 27.9 Å². The van der Waals surface area contributed by atoms with Gasteiger partial charge in [0.2, 0.25) is 0 Å². The Balaban J connectivity index is 1.46. The van der Waals surface area contributed by atoms with Gasteiger partial charge in [-0.1, -0.05) is 37.3 Å². The second kappa shape index (κ2) is 10.3. The zero-order valence-corrected chi connectivity index (χ0v) is 20.0. The molecule has 3 aromatic carbocycles. The molecule has 0 radical (unpaired) electrons. The van der Waals surface area contributed by atoms with E-state index in [2.05, 4.69) is 10.6 Å². The molecular formula is C28H26F2N2O4. The largest absolute Gasteiger partial charge is 0.469 e. The van der Waals surface area contributed by atoms with E-state index < -0.39 is 23.1 Å². The minimum Gasteiger partial charge on any atom is -0.469 e. The summed E-state index contributed by atoms with van der Waals surface area (Å²) in [6.45, 7) is 1.92. The van der Waals surface area contributed by atoms with Crippen LogP contribution in [0.4, 0.5) is 25.0 Å². The fourth-order valence-electron chi connectivity index (χ4n) is 4.57. The Bertz CT molecular complexity index is 1320. The van der Waals surface area contributed by atoms with Crippen LogP contribution in [-0.2, 0) is 16.0 Å². The molecule has 0 saturated carbocycles. The second-order valence-corrected chi connectivity index (χ2v) is 8.87. The van der Waals surface area contributed by atoms with E-state index >= 15 is 0 Å². The number of methoxy groups -OCH3 is 1. The Morgan fingerprint density at radius 1 is 0.917 bits per heavy atom. The fraction of sp³-hybridized carbons (Fsp3) is 0.250. The number of hydrogen-bond acceptors (Lipinski definition) is 4. The maximum absolute atomic E-state index is 13.3. The first-order valence-electron chi connectivity index (χ1n) is 11.6. The van der Waals surface area contributed by atoms with Crippen molar-refractivity contribution in [1.82, 2.24) is 0 Å². The third kappa shape index (κ3) is 5.12. The monoisotopic (exact) mass is 492 g/mol. The van der Waals surface area contributed by atoms with E-state index in [1.165, 1.54) is 13.2 Å². The number of carbonyl (C=O) groups is 3. The first-order chi connectivity index (χ1) is 17.2. The number of nitrogens with one attached hydrogen (secondary N) is 2. The van der Waals surface area contributed by atoms with Gasteiger partial charge in [0.25, 0.3) is 0 Å². The van der Waals surface area contributed by atoms with Gasteiger partial charge < -0.3 is 15.4 Å². The van der Waals surface area contributed by atoms with Crippen molar-refractivity contribution in [2.75, 3.05) is 17.7 Å². The Labute approximate surface area is 207 Å². The summed E-state index contributed by atoms with van der Waals surface area (Å²) in [7, 11) is 1.33. The third-order valence-corrected chi connectivity index (χ3v) is 6.75. The minimum atomic E-state index is -1.05. The van der Waals surface area contributed by atoms with Crippen molar-refractivity contribution in [2.45, 2.75) is 32.6 Å². The van der Waals surface area contributed by atoms with Crippen LogP contribution in [-0.4, -0.2) is 24.9 Å². The predicted octanol–water partition coefficient (Wildman–Crippen LogP) is 6.36. The summed E-state index contributed by atoms with van der Waals surface area (Å²) < 4.78 is 31.2. The molecule has 186 valence electrons. The molecule has 1 atom stereocenters. The van der Waals surface area contributed by atoms with E-state index in [4.69, 9.17) is 4.74 Å². The number of aryl methyl sites for hydroxylation is 1. The standard InChI is InChI=1S/C28H26F2N2O4/c1-3-28(16-25(33)36-2)13-12-19-14-18(6-10-22(19)26(28)34)17-4-7-20(8-5-17)31-27(35)32-21-9-11-23(29)24(30)15-21/h4-11,14-15H,3,12-13,16H2,1-2H3,(H2,31,32,35). The van der Waals surface area contributed by atoms with Gasteiger partial charge in [-0.25, -0.2) is 13.6 Å². The number of rotatable bonds is 6. The minimum absolute atomic E-state index is 0.0187.